The van der Waals surface area contributed by atoms with Gasteiger partial charge in [-0.2, -0.15) is 31.4 Å². The fraction of sp³-hybridized carbons (Fsp3) is 0.286. The third kappa shape index (κ3) is 8.82. The maximum absolute atomic E-state index is 14.0. The topological polar surface area (TPSA) is 102 Å². The number of ether oxygens (including phenoxy) is 2. The summed E-state index contributed by atoms with van der Waals surface area (Å²) in [5.74, 6) is -3.33. The van der Waals surface area contributed by atoms with Gasteiger partial charge in [-0.05, 0) is 65.7 Å². The summed E-state index contributed by atoms with van der Waals surface area (Å²) in [6, 6.07) is 9.31. The zero-order chi connectivity index (χ0) is 43.4. The Labute approximate surface area is 326 Å². The molecule has 0 radical (unpaired) electrons. The summed E-state index contributed by atoms with van der Waals surface area (Å²) in [6.07, 6.45) is -20.7. The lowest BCUT2D eigenvalue weighted by Crippen LogP contribution is -2.46. The van der Waals surface area contributed by atoms with Crippen molar-refractivity contribution in [3.63, 3.8) is 0 Å². The van der Waals surface area contributed by atoms with E-state index in [4.69, 9.17) is 11.6 Å². The molecule has 0 spiro atoms. The van der Waals surface area contributed by atoms with E-state index in [1.54, 1.807) is 0 Å². The lowest BCUT2D eigenvalue weighted by atomic mass is 9.69. The lowest BCUT2D eigenvalue weighted by Gasteiger charge is -2.37. The molecule has 1 heterocycles. The van der Waals surface area contributed by atoms with E-state index in [0.717, 1.165) is 62.4 Å². The summed E-state index contributed by atoms with van der Waals surface area (Å²) < 4.78 is 225. The van der Waals surface area contributed by atoms with E-state index < -0.39 is 117 Å². The van der Waals surface area contributed by atoms with Crippen molar-refractivity contribution >= 4 is 42.7 Å². The van der Waals surface area contributed by atoms with E-state index in [-0.39, 0.29) is 23.3 Å². The molecule has 23 heteroatoms. The molecule has 5 rings (SSSR count). The monoisotopic (exact) mass is 896 g/mol. The Kier molecular flexibility index (Phi) is 11.6. The molecule has 0 saturated heterocycles. The summed E-state index contributed by atoms with van der Waals surface area (Å²) in [6.45, 7) is 2.16. The van der Waals surface area contributed by atoms with Crippen LogP contribution in [0.3, 0.4) is 0 Å². The molecular formula is C35H25ClF12N2O6S2. The molecule has 4 aromatic carbocycles. The number of sulfone groups is 2. The normalized spacial score (nSPS) is 16.6. The first-order valence-corrected chi connectivity index (χ1v) is 19.9. The second-order valence-electron chi connectivity index (χ2n) is 12.3. The molecule has 58 heavy (non-hydrogen) atoms. The Morgan fingerprint density at radius 2 is 1.02 bits per heavy atom. The van der Waals surface area contributed by atoms with Crippen molar-refractivity contribution < 1.29 is 79.0 Å². The van der Waals surface area contributed by atoms with Crippen LogP contribution in [0.25, 0.3) is 0 Å². The van der Waals surface area contributed by atoms with Gasteiger partial charge in [-0.15, -0.1) is 26.3 Å². The van der Waals surface area contributed by atoms with Crippen molar-refractivity contribution in [1.82, 2.24) is 0 Å². The number of rotatable bonds is 10. The predicted octanol–water partition coefficient (Wildman–Crippen LogP) is 9.88. The van der Waals surface area contributed by atoms with E-state index in [1.807, 2.05) is 0 Å². The molecule has 0 aliphatic carbocycles. The zero-order valence-electron chi connectivity index (χ0n) is 29.1. The van der Waals surface area contributed by atoms with Gasteiger partial charge in [-0.25, -0.2) is 21.8 Å². The van der Waals surface area contributed by atoms with Crippen LogP contribution in [0.15, 0.2) is 99.8 Å². The molecule has 0 fully saturated rings. The predicted molar refractivity (Wildman–Crippen MR) is 184 cm³/mol. The summed E-state index contributed by atoms with van der Waals surface area (Å²) in [5, 5.41) is 5.00. The Morgan fingerprint density at radius 1 is 0.621 bits per heavy atom. The molecule has 1 aliphatic heterocycles. The van der Waals surface area contributed by atoms with Gasteiger partial charge in [0.25, 0.3) is 0 Å². The second kappa shape index (κ2) is 15.2. The van der Waals surface area contributed by atoms with Crippen LogP contribution in [0, 0.1) is 0 Å². The highest BCUT2D eigenvalue weighted by Crippen LogP contribution is 2.52. The van der Waals surface area contributed by atoms with Crippen LogP contribution in [-0.4, -0.2) is 52.3 Å². The second-order valence-corrected chi connectivity index (χ2v) is 17.2. The average Bonchev–Trinajstić information content (AvgIpc) is 3.42. The first kappa shape index (κ1) is 44.4. The van der Waals surface area contributed by atoms with E-state index in [2.05, 4.69) is 14.6 Å². The number of benzene rings is 4. The third-order valence-corrected chi connectivity index (χ3v) is 12.8. The number of nitrogens with zero attached hydrogens (tertiary/aromatic N) is 2. The number of hydrazone groups is 1. The molecule has 8 nitrogen and oxygen atoms in total. The fourth-order valence-corrected chi connectivity index (χ4v) is 8.84. The van der Waals surface area contributed by atoms with Gasteiger partial charge < -0.3 is 9.47 Å². The maximum atomic E-state index is 14.0. The van der Waals surface area contributed by atoms with Gasteiger partial charge in [0.1, 0.15) is 22.4 Å². The van der Waals surface area contributed by atoms with Crippen LogP contribution in [0.5, 0.6) is 11.5 Å². The fourth-order valence-electron chi connectivity index (χ4n) is 6.12. The van der Waals surface area contributed by atoms with Gasteiger partial charge in [0.05, 0.1) is 43.8 Å². The van der Waals surface area contributed by atoms with Crippen molar-refractivity contribution in [2.24, 2.45) is 5.10 Å². The SMILES string of the molecule is CCS(=O)(=O)c1cc(C(F)(F)F)ccc1C1=NN(c2ccc(C(F)(F)F)cc2S(=O)(=O)CC)C(Cl)C1(c1ccc(OC(F)(F)F)cc1)c1ccc(OC(F)(F)F)cc1. The largest absolute Gasteiger partial charge is 0.573 e. The van der Waals surface area contributed by atoms with Gasteiger partial charge in [-0.1, -0.05) is 55.8 Å². The van der Waals surface area contributed by atoms with Crippen LogP contribution < -0.4 is 14.5 Å². The minimum absolute atomic E-state index is 0.249. The highest BCUT2D eigenvalue weighted by atomic mass is 35.5. The van der Waals surface area contributed by atoms with Crippen LogP contribution in [0.1, 0.15) is 41.7 Å². The minimum atomic E-state index is -5.23. The smallest absolute Gasteiger partial charge is 0.406 e. The summed E-state index contributed by atoms with van der Waals surface area (Å²) >= 11 is 7.18. The highest BCUT2D eigenvalue weighted by Gasteiger charge is 2.56. The molecule has 1 atom stereocenters. The molecule has 0 aromatic heterocycles. The molecule has 314 valence electrons. The number of anilines is 1. The molecule has 0 N–H and O–H groups in total. The van der Waals surface area contributed by atoms with Crippen molar-refractivity contribution in [2.45, 2.75) is 59.6 Å². The minimum Gasteiger partial charge on any atom is -0.406 e. The Bertz CT molecular complexity index is 2370. The van der Waals surface area contributed by atoms with E-state index in [9.17, 15) is 69.5 Å². The first-order valence-electron chi connectivity index (χ1n) is 16.2. The van der Waals surface area contributed by atoms with Crippen LogP contribution in [0.2, 0.25) is 0 Å². The summed E-state index contributed by atoms with van der Waals surface area (Å²) in [7, 11) is -9.39. The molecule has 1 unspecified atom stereocenters. The standard InChI is InChI=1S/C35H25ClF12N2O6S2/c1-3-57(51,52)27-17-21(32(37,38)39)9-15-25(27)29-31(19-5-11-23(12-6-19)55-34(43,44)45,20-7-13-24(14-8-20)56-35(46,47)48)30(36)50(49-29)26-16-10-22(33(40,41)42)18-28(26)58(53,54)4-2/h5-18,30H,3-4H2,1-2H3. The summed E-state index contributed by atoms with van der Waals surface area (Å²) in [4.78, 5) is -2.06. The molecule has 4 aromatic rings. The Morgan fingerprint density at radius 3 is 1.41 bits per heavy atom. The average molecular weight is 897 g/mol. The van der Waals surface area contributed by atoms with Gasteiger partial charge in [0, 0.05) is 5.56 Å². The van der Waals surface area contributed by atoms with Gasteiger partial charge in [0.15, 0.2) is 19.7 Å². The Balaban J connectivity index is 1.97. The van der Waals surface area contributed by atoms with Crippen molar-refractivity contribution in [3.8, 4) is 11.5 Å². The van der Waals surface area contributed by atoms with Crippen LogP contribution in [-0.2, 0) is 37.4 Å². The molecule has 0 amide bonds. The van der Waals surface area contributed by atoms with Crippen molar-refractivity contribution in [2.75, 3.05) is 16.5 Å². The van der Waals surface area contributed by atoms with E-state index in [1.165, 1.54) is 0 Å². The maximum Gasteiger partial charge on any atom is 0.573 e. The van der Waals surface area contributed by atoms with Crippen molar-refractivity contribution in [1.29, 1.82) is 0 Å². The first-order chi connectivity index (χ1) is 26.5. The van der Waals surface area contributed by atoms with E-state index >= 15 is 0 Å². The van der Waals surface area contributed by atoms with Gasteiger partial charge in [0.2, 0.25) is 0 Å². The third-order valence-electron chi connectivity index (χ3n) is 8.77. The molecule has 1 aliphatic rings. The quantitative estimate of drug-likeness (QED) is 0.0888. The lowest BCUT2D eigenvalue weighted by molar-refractivity contribution is -0.275. The molecule has 0 bridgehead atoms. The number of alkyl halides is 13. The van der Waals surface area contributed by atoms with Gasteiger partial charge >= 0.3 is 25.1 Å². The number of hydrogen-bond acceptors (Lipinski definition) is 8. The Hall–Kier alpha value is -4.70. The molecular weight excluding hydrogens is 872 g/mol. The van der Waals surface area contributed by atoms with Gasteiger partial charge in [-0.3, -0.25) is 0 Å². The zero-order valence-corrected chi connectivity index (χ0v) is 31.5. The van der Waals surface area contributed by atoms with Crippen LogP contribution >= 0.6 is 11.6 Å². The van der Waals surface area contributed by atoms with E-state index in [0.29, 0.717) is 29.3 Å². The molecule has 0 saturated carbocycles. The summed E-state index contributed by atoms with van der Waals surface area (Å²) in [5.41, 5.74) is -10.0. The highest BCUT2D eigenvalue weighted by molar-refractivity contribution is 7.91. The van der Waals surface area contributed by atoms with Crippen LogP contribution in [0.4, 0.5) is 58.4 Å². The number of halogens is 13. The van der Waals surface area contributed by atoms with Crippen molar-refractivity contribution in [3.05, 3.63) is 113 Å². The number of hydrogen-bond donors (Lipinski definition) is 0.